The molecule has 5 aromatic rings. The van der Waals surface area contributed by atoms with Crippen molar-refractivity contribution < 1.29 is 9.59 Å². The van der Waals surface area contributed by atoms with Gasteiger partial charge in [-0.25, -0.2) is 14.8 Å². The molecule has 3 aromatic carbocycles. The van der Waals surface area contributed by atoms with Gasteiger partial charge in [0.15, 0.2) is 5.82 Å². The molecule has 5 rings (SSSR count). The second-order valence-corrected chi connectivity index (χ2v) is 7.60. The molecule has 0 aliphatic rings. The van der Waals surface area contributed by atoms with Crippen LogP contribution in [0.2, 0.25) is 0 Å². The van der Waals surface area contributed by atoms with Gasteiger partial charge in [-0.05, 0) is 18.2 Å². The number of nitrogens with one attached hydrogen (secondary N) is 3. The third kappa shape index (κ3) is 4.53. The van der Waals surface area contributed by atoms with Crippen molar-refractivity contribution in [2.45, 2.75) is 6.42 Å². The fourth-order valence-corrected chi connectivity index (χ4v) is 3.62. The summed E-state index contributed by atoms with van der Waals surface area (Å²) in [6.07, 6.45) is -0.154. The molecule has 0 atom stereocenters. The van der Waals surface area contributed by atoms with E-state index in [0.717, 1.165) is 11.3 Å². The van der Waals surface area contributed by atoms with Gasteiger partial charge in [0.05, 0.1) is 23.2 Å². The van der Waals surface area contributed by atoms with Crippen molar-refractivity contribution >= 4 is 22.6 Å². The molecule has 2 amide bonds. The van der Waals surface area contributed by atoms with Crippen LogP contribution in [-0.2, 0) is 11.2 Å². The third-order valence-corrected chi connectivity index (χ3v) is 5.26. The fraction of sp³-hybridized carbons (Fsp3) is 0.0400. The quantitative estimate of drug-likeness (QED) is 0.341. The maximum Gasteiger partial charge on any atom is 0.309 e. The lowest BCUT2D eigenvalue weighted by molar-refractivity contribution is -0.121. The largest absolute Gasteiger partial charge is 0.309 e. The minimum atomic E-state index is -0.676. The van der Waals surface area contributed by atoms with Gasteiger partial charge in [-0.2, -0.15) is 5.10 Å². The molecule has 0 unspecified atom stereocenters. The molecule has 35 heavy (non-hydrogen) atoms. The van der Waals surface area contributed by atoms with Crippen LogP contribution in [-0.4, -0.2) is 36.8 Å². The van der Waals surface area contributed by atoms with E-state index >= 15 is 0 Å². The van der Waals surface area contributed by atoms with E-state index in [1.807, 2.05) is 60.7 Å². The van der Waals surface area contributed by atoms with Gasteiger partial charge >= 0.3 is 5.91 Å². The van der Waals surface area contributed by atoms with Crippen molar-refractivity contribution in [2.24, 2.45) is 0 Å². The van der Waals surface area contributed by atoms with E-state index in [0.29, 0.717) is 22.3 Å². The van der Waals surface area contributed by atoms with Crippen LogP contribution in [0.4, 0.5) is 0 Å². The first-order valence-corrected chi connectivity index (χ1v) is 10.7. The molecule has 0 spiro atoms. The van der Waals surface area contributed by atoms with E-state index in [2.05, 4.69) is 31.1 Å². The molecule has 172 valence electrons. The second-order valence-electron chi connectivity index (χ2n) is 7.60. The number of hydrogen-bond acceptors (Lipinski definition) is 6. The summed E-state index contributed by atoms with van der Waals surface area (Å²) in [5.41, 5.74) is 6.26. The molecular formula is C25H19N7O3. The van der Waals surface area contributed by atoms with Gasteiger partial charge in [-0.3, -0.25) is 25.2 Å². The molecule has 10 nitrogen and oxygen atoms in total. The van der Waals surface area contributed by atoms with Crippen molar-refractivity contribution in [2.75, 3.05) is 0 Å². The molecular weight excluding hydrogens is 446 g/mol. The Kier molecular flexibility index (Phi) is 5.83. The number of hydrazine groups is 1. The Morgan fingerprint density at radius 3 is 2.23 bits per heavy atom. The Balaban J connectivity index is 1.34. The van der Waals surface area contributed by atoms with Crippen molar-refractivity contribution in [1.82, 2.24) is 35.8 Å². The Hall–Kier alpha value is -5.12. The standard InChI is InChI=1S/C25H19N7O3/c33-21(15-20-18-13-7-8-14-19(18)24(34)29-27-20)28-30-25(35)22-26-23(16-9-3-1-4-10-16)32(31-22)17-11-5-2-6-12-17/h1-14H,15H2,(H,28,33)(H,29,34)(H,30,35). The number of aromatic amines is 1. The van der Waals surface area contributed by atoms with E-state index in [1.165, 1.54) is 0 Å². The highest BCUT2D eigenvalue weighted by molar-refractivity contribution is 5.93. The Morgan fingerprint density at radius 2 is 1.49 bits per heavy atom. The van der Waals surface area contributed by atoms with Gasteiger partial charge in [0.1, 0.15) is 0 Å². The van der Waals surface area contributed by atoms with Crippen molar-refractivity contribution in [3.05, 3.63) is 107 Å². The average Bonchev–Trinajstić information content (AvgIpc) is 3.36. The zero-order chi connectivity index (χ0) is 24.2. The number of fused-ring (bicyclic) bond motifs is 1. The Labute approximate surface area is 198 Å². The number of carbonyl (C=O) groups excluding carboxylic acids is 2. The van der Waals surface area contributed by atoms with Crippen molar-refractivity contribution in [1.29, 1.82) is 0 Å². The van der Waals surface area contributed by atoms with Crippen LogP contribution < -0.4 is 16.4 Å². The second kappa shape index (κ2) is 9.40. The van der Waals surface area contributed by atoms with Gasteiger partial charge in [0.2, 0.25) is 11.7 Å². The number of aromatic nitrogens is 5. The first kappa shape index (κ1) is 21.7. The Bertz CT molecular complexity index is 1520. The third-order valence-electron chi connectivity index (χ3n) is 5.26. The molecule has 2 aromatic heterocycles. The van der Waals surface area contributed by atoms with Gasteiger partial charge in [-0.15, -0.1) is 5.10 Å². The van der Waals surface area contributed by atoms with Gasteiger partial charge < -0.3 is 0 Å². The fourth-order valence-electron chi connectivity index (χ4n) is 3.62. The highest BCUT2D eigenvalue weighted by Crippen LogP contribution is 2.21. The van der Waals surface area contributed by atoms with Crippen LogP contribution in [0.5, 0.6) is 0 Å². The summed E-state index contributed by atoms with van der Waals surface area (Å²) in [5.74, 6) is -0.823. The van der Waals surface area contributed by atoms with Crippen LogP contribution >= 0.6 is 0 Å². The summed E-state index contributed by atoms with van der Waals surface area (Å²) in [6, 6.07) is 25.5. The summed E-state index contributed by atoms with van der Waals surface area (Å²) >= 11 is 0. The van der Waals surface area contributed by atoms with Crippen LogP contribution in [0.3, 0.4) is 0 Å². The molecule has 0 radical (unpaired) electrons. The summed E-state index contributed by atoms with van der Waals surface area (Å²) in [4.78, 5) is 41.6. The minimum Gasteiger partial charge on any atom is -0.273 e. The SMILES string of the molecule is O=C(Cc1n[nH]c(=O)c2ccccc12)NNC(=O)c1nc(-c2ccccc2)n(-c2ccccc2)n1. The zero-order valence-corrected chi connectivity index (χ0v) is 18.3. The normalized spacial score (nSPS) is 10.7. The minimum absolute atomic E-state index is 0.111. The number of hydrogen-bond donors (Lipinski definition) is 3. The lowest BCUT2D eigenvalue weighted by Crippen LogP contribution is -2.43. The topological polar surface area (TPSA) is 135 Å². The number of carbonyl (C=O) groups is 2. The summed E-state index contributed by atoms with van der Waals surface area (Å²) in [5, 5.41) is 11.7. The van der Waals surface area contributed by atoms with Crippen LogP contribution in [0.15, 0.2) is 89.7 Å². The number of rotatable bonds is 5. The van der Waals surface area contributed by atoms with E-state index in [9.17, 15) is 14.4 Å². The maximum absolute atomic E-state index is 12.8. The van der Waals surface area contributed by atoms with Crippen LogP contribution in [0.1, 0.15) is 16.3 Å². The zero-order valence-electron chi connectivity index (χ0n) is 18.3. The van der Waals surface area contributed by atoms with E-state index in [1.54, 1.807) is 28.9 Å². The monoisotopic (exact) mass is 465 g/mol. The molecule has 10 heteroatoms. The number of H-pyrrole nitrogens is 1. The molecule has 0 fully saturated rings. The molecule has 3 N–H and O–H groups in total. The maximum atomic E-state index is 12.8. The number of para-hydroxylation sites is 1. The molecule has 0 aliphatic carbocycles. The number of nitrogens with zero attached hydrogens (tertiary/aromatic N) is 4. The smallest absolute Gasteiger partial charge is 0.273 e. The molecule has 0 aliphatic heterocycles. The average molecular weight is 465 g/mol. The summed E-state index contributed by atoms with van der Waals surface area (Å²) < 4.78 is 1.57. The van der Waals surface area contributed by atoms with Gasteiger partial charge in [0, 0.05) is 10.9 Å². The van der Waals surface area contributed by atoms with Crippen molar-refractivity contribution in [3.8, 4) is 17.1 Å². The van der Waals surface area contributed by atoms with E-state index in [4.69, 9.17) is 0 Å². The van der Waals surface area contributed by atoms with Crippen LogP contribution in [0.25, 0.3) is 27.8 Å². The predicted octanol–water partition coefficient (Wildman–Crippen LogP) is 2.17. The first-order valence-electron chi connectivity index (χ1n) is 10.7. The number of amides is 2. The predicted molar refractivity (Wildman–Crippen MR) is 128 cm³/mol. The molecule has 0 saturated heterocycles. The van der Waals surface area contributed by atoms with E-state index < -0.39 is 11.8 Å². The number of benzene rings is 3. The highest BCUT2D eigenvalue weighted by Gasteiger charge is 2.19. The lowest BCUT2D eigenvalue weighted by Gasteiger charge is -2.07. The van der Waals surface area contributed by atoms with E-state index in [-0.39, 0.29) is 17.8 Å². The lowest BCUT2D eigenvalue weighted by atomic mass is 10.1. The highest BCUT2D eigenvalue weighted by atomic mass is 16.2. The molecule has 0 bridgehead atoms. The summed E-state index contributed by atoms with van der Waals surface area (Å²) in [7, 11) is 0. The van der Waals surface area contributed by atoms with Gasteiger partial charge in [0.25, 0.3) is 5.56 Å². The molecule has 2 heterocycles. The van der Waals surface area contributed by atoms with Crippen LogP contribution in [0, 0.1) is 0 Å². The van der Waals surface area contributed by atoms with Gasteiger partial charge in [-0.1, -0.05) is 66.7 Å². The van der Waals surface area contributed by atoms with Crippen molar-refractivity contribution in [3.63, 3.8) is 0 Å². The Morgan fingerprint density at radius 1 is 0.829 bits per heavy atom. The summed E-state index contributed by atoms with van der Waals surface area (Å²) in [6.45, 7) is 0. The first-order chi connectivity index (χ1) is 17.1. The molecule has 0 saturated carbocycles.